The van der Waals surface area contributed by atoms with Crippen LogP contribution in [0, 0.1) is 5.82 Å². The zero-order chi connectivity index (χ0) is 21.3. The predicted molar refractivity (Wildman–Crippen MR) is 119 cm³/mol. The smallest absolute Gasteiger partial charge is 0.251 e. The zero-order valence-corrected chi connectivity index (χ0v) is 18.1. The molecule has 0 bridgehead atoms. The van der Waals surface area contributed by atoms with Crippen molar-refractivity contribution in [3.8, 4) is 0 Å². The number of hydrogen-bond donors (Lipinski definition) is 2. The van der Waals surface area contributed by atoms with Gasteiger partial charge in [0.2, 0.25) is 5.91 Å². The number of likely N-dealkylation sites (tertiary alicyclic amines) is 1. The Hall–Kier alpha value is -2.38. The van der Waals surface area contributed by atoms with E-state index in [1.165, 1.54) is 56.5 Å². The first-order valence-electron chi connectivity index (χ1n) is 10.4. The molecule has 7 heteroatoms. The summed E-state index contributed by atoms with van der Waals surface area (Å²) in [5.74, 6) is -0.668. The molecule has 0 atom stereocenters. The third-order valence-electron chi connectivity index (χ3n) is 5.01. The minimum atomic E-state index is -0.298. The van der Waals surface area contributed by atoms with Crippen LogP contribution in [-0.2, 0) is 4.79 Å². The van der Waals surface area contributed by atoms with Gasteiger partial charge in [-0.3, -0.25) is 9.59 Å². The molecule has 2 aromatic carbocycles. The molecule has 2 aromatic rings. The molecular weight excluding hydrogens is 401 g/mol. The lowest BCUT2D eigenvalue weighted by Crippen LogP contribution is -2.35. The van der Waals surface area contributed by atoms with Crippen molar-refractivity contribution in [2.75, 3.05) is 31.5 Å². The zero-order valence-electron chi connectivity index (χ0n) is 17.2. The summed E-state index contributed by atoms with van der Waals surface area (Å²) in [5, 5.41) is 5.77. The van der Waals surface area contributed by atoms with E-state index in [9.17, 15) is 14.0 Å². The van der Waals surface area contributed by atoms with E-state index in [0.29, 0.717) is 17.8 Å². The largest absolute Gasteiger partial charge is 0.351 e. The van der Waals surface area contributed by atoms with Crippen LogP contribution in [0.25, 0.3) is 0 Å². The highest BCUT2D eigenvalue weighted by Gasteiger charge is 2.13. The number of amides is 2. The first kappa shape index (κ1) is 22.3. The Morgan fingerprint density at radius 2 is 1.73 bits per heavy atom. The summed E-state index contributed by atoms with van der Waals surface area (Å²) in [6, 6.07) is 11.4. The Morgan fingerprint density at radius 3 is 2.40 bits per heavy atom. The number of carbonyl (C=O) groups is 2. The second-order valence-corrected chi connectivity index (χ2v) is 8.58. The number of nitrogens with zero attached hydrogens (tertiary/aromatic N) is 1. The first-order chi connectivity index (χ1) is 14.5. The van der Waals surface area contributed by atoms with Crippen molar-refractivity contribution >= 4 is 29.3 Å². The molecule has 0 saturated carbocycles. The van der Waals surface area contributed by atoms with Crippen LogP contribution in [0.3, 0.4) is 0 Å². The van der Waals surface area contributed by atoms with Crippen molar-refractivity contribution in [1.29, 1.82) is 0 Å². The van der Waals surface area contributed by atoms with Crippen molar-refractivity contribution in [1.82, 2.24) is 10.2 Å². The fourth-order valence-corrected chi connectivity index (χ4v) is 4.35. The van der Waals surface area contributed by atoms with E-state index in [4.69, 9.17) is 0 Å². The molecule has 1 aliphatic heterocycles. The quantitative estimate of drug-likeness (QED) is 0.678. The van der Waals surface area contributed by atoms with Crippen molar-refractivity contribution in [3.05, 3.63) is 53.8 Å². The van der Waals surface area contributed by atoms with Gasteiger partial charge >= 0.3 is 0 Å². The number of halogens is 1. The lowest BCUT2D eigenvalue weighted by molar-refractivity contribution is -0.114. The summed E-state index contributed by atoms with van der Waals surface area (Å²) in [5.41, 5.74) is 1.06. The van der Waals surface area contributed by atoms with Gasteiger partial charge in [-0.15, -0.1) is 0 Å². The average Bonchev–Trinajstić information content (AvgIpc) is 2.99. The maximum absolute atomic E-state index is 13.1. The van der Waals surface area contributed by atoms with Crippen LogP contribution in [0.2, 0.25) is 0 Å². The molecule has 0 unspecified atom stereocenters. The second kappa shape index (κ2) is 11.1. The molecule has 160 valence electrons. The third kappa shape index (κ3) is 6.85. The molecular formula is C23H28FN3O2S. The van der Waals surface area contributed by atoms with Crippen molar-refractivity contribution in [2.45, 2.75) is 42.4 Å². The molecule has 0 aliphatic carbocycles. The van der Waals surface area contributed by atoms with E-state index in [1.807, 2.05) is 6.07 Å². The Morgan fingerprint density at radius 1 is 1.03 bits per heavy atom. The van der Waals surface area contributed by atoms with Crippen molar-refractivity contribution in [3.63, 3.8) is 0 Å². The van der Waals surface area contributed by atoms with E-state index in [1.54, 1.807) is 24.3 Å². The molecule has 1 saturated heterocycles. The molecule has 2 amide bonds. The van der Waals surface area contributed by atoms with Gasteiger partial charge in [-0.25, -0.2) is 4.39 Å². The van der Waals surface area contributed by atoms with Gasteiger partial charge in [-0.05, 0) is 68.4 Å². The Balaban J connectivity index is 1.64. The lowest BCUT2D eigenvalue weighted by atomic mass is 10.2. The molecule has 1 aliphatic rings. The van der Waals surface area contributed by atoms with Crippen LogP contribution >= 0.6 is 11.8 Å². The van der Waals surface area contributed by atoms with Crippen LogP contribution in [0.4, 0.5) is 10.1 Å². The molecule has 0 radical (unpaired) electrons. The fourth-order valence-electron chi connectivity index (χ4n) is 3.47. The SMILES string of the molecule is CC(=O)Nc1cc(C(=O)NCCN2CCCCCC2)ccc1Sc1ccc(F)cc1. The molecule has 5 nitrogen and oxygen atoms in total. The summed E-state index contributed by atoms with van der Waals surface area (Å²) in [7, 11) is 0. The first-order valence-corrected chi connectivity index (χ1v) is 11.2. The van der Waals surface area contributed by atoms with Crippen molar-refractivity contribution in [2.24, 2.45) is 0 Å². The van der Waals surface area contributed by atoms with Crippen LogP contribution < -0.4 is 10.6 Å². The van der Waals surface area contributed by atoms with Gasteiger partial charge in [0.05, 0.1) is 5.69 Å². The molecule has 1 heterocycles. The van der Waals surface area contributed by atoms with E-state index in [2.05, 4.69) is 15.5 Å². The Kier molecular flexibility index (Phi) is 8.28. The van der Waals surface area contributed by atoms with Gasteiger partial charge in [0.1, 0.15) is 5.82 Å². The maximum Gasteiger partial charge on any atom is 0.251 e. The summed E-state index contributed by atoms with van der Waals surface area (Å²) >= 11 is 1.40. The average molecular weight is 430 g/mol. The highest BCUT2D eigenvalue weighted by molar-refractivity contribution is 7.99. The van der Waals surface area contributed by atoms with Gasteiger partial charge in [-0.2, -0.15) is 0 Å². The number of anilines is 1. The number of rotatable bonds is 7. The molecule has 0 aromatic heterocycles. The number of hydrogen-bond acceptors (Lipinski definition) is 4. The maximum atomic E-state index is 13.1. The minimum Gasteiger partial charge on any atom is -0.351 e. The Bertz CT molecular complexity index is 865. The highest BCUT2D eigenvalue weighted by Crippen LogP contribution is 2.34. The molecule has 1 fully saturated rings. The van der Waals surface area contributed by atoms with E-state index < -0.39 is 0 Å². The summed E-state index contributed by atoms with van der Waals surface area (Å²) in [6.07, 6.45) is 5.02. The molecule has 3 rings (SSSR count). The number of nitrogens with one attached hydrogen (secondary N) is 2. The van der Waals surface area contributed by atoms with Gasteiger partial charge in [0, 0.05) is 35.4 Å². The van der Waals surface area contributed by atoms with Crippen LogP contribution in [-0.4, -0.2) is 42.9 Å². The standard InChI is InChI=1S/C23H28FN3O2S/c1-17(28)26-21-16-18(6-11-22(21)30-20-9-7-19(24)8-10-20)23(29)25-12-15-27-13-4-2-3-5-14-27/h6-11,16H,2-5,12-15H2,1H3,(H,25,29)(H,26,28). The normalized spacial score (nSPS) is 14.7. The Labute approximate surface area is 181 Å². The summed E-state index contributed by atoms with van der Waals surface area (Å²) in [6.45, 7) is 5.07. The second-order valence-electron chi connectivity index (χ2n) is 7.46. The summed E-state index contributed by atoms with van der Waals surface area (Å²) in [4.78, 5) is 28.3. The molecule has 2 N–H and O–H groups in total. The van der Waals surface area contributed by atoms with Crippen molar-refractivity contribution < 1.29 is 14.0 Å². The van der Waals surface area contributed by atoms with Gasteiger partial charge in [-0.1, -0.05) is 24.6 Å². The fraction of sp³-hybridized carbons (Fsp3) is 0.391. The van der Waals surface area contributed by atoms with Crippen LogP contribution in [0.1, 0.15) is 43.0 Å². The van der Waals surface area contributed by atoms with Crippen LogP contribution in [0.15, 0.2) is 52.3 Å². The lowest BCUT2D eigenvalue weighted by Gasteiger charge is -2.19. The van der Waals surface area contributed by atoms with Gasteiger partial charge in [0.25, 0.3) is 5.91 Å². The third-order valence-corrected chi connectivity index (χ3v) is 6.09. The highest BCUT2D eigenvalue weighted by atomic mass is 32.2. The van der Waals surface area contributed by atoms with E-state index in [0.717, 1.165) is 29.4 Å². The minimum absolute atomic E-state index is 0.158. The predicted octanol–water partition coefficient (Wildman–Crippen LogP) is 4.54. The van der Waals surface area contributed by atoms with Gasteiger partial charge < -0.3 is 15.5 Å². The van der Waals surface area contributed by atoms with E-state index in [-0.39, 0.29) is 17.6 Å². The van der Waals surface area contributed by atoms with Gasteiger partial charge in [0.15, 0.2) is 0 Å². The topological polar surface area (TPSA) is 61.4 Å². The molecule has 0 spiro atoms. The summed E-state index contributed by atoms with van der Waals surface area (Å²) < 4.78 is 13.1. The number of carbonyl (C=O) groups excluding carboxylic acids is 2. The number of benzene rings is 2. The van der Waals surface area contributed by atoms with Crippen LogP contribution in [0.5, 0.6) is 0 Å². The molecule has 30 heavy (non-hydrogen) atoms. The monoisotopic (exact) mass is 429 g/mol. The van der Waals surface area contributed by atoms with E-state index >= 15 is 0 Å².